The van der Waals surface area contributed by atoms with Crippen LogP contribution in [0.25, 0.3) is 0 Å². The van der Waals surface area contributed by atoms with Crippen LogP contribution in [-0.4, -0.2) is 25.3 Å². The predicted octanol–water partition coefficient (Wildman–Crippen LogP) is 3.10. The van der Waals surface area contributed by atoms with Crippen molar-refractivity contribution in [3.63, 3.8) is 0 Å². The van der Waals surface area contributed by atoms with Crippen LogP contribution in [0, 0.1) is 20.8 Å². The molecule has 90 valence electrons. The first kappa shape index (κ1) is 12.8. The molecule has 2 aromatic rings. The van der Waals surface area contributed by atoms with E-state index in [1.807, 2.05) is 26.8 Å². The van der Waals surface area contributed by atoms with E-state index in [0.29, 0.717) is 0 Å². The van der Waals surface area contributed by atoms with Gasteiger partial charge in [-0.25, -0.2) is 9.97 Å². The third-order valence-corrected chi connectivity index (χ3v) is 4.79. The second-order valence-corrected chi connectivity index (χ2v) is 7.14. The molecule has 0 saturated heterocycles. The van der Waals surface area contributed by atoms with Gasteiger partial charge in [0.25, 0.3) is 0 Å². The summed E-state index contributed by atoms with van der Waals surface area (Å²) in [4.78, 5) is 8.75. The Morgan fingerprint density at radius 2 is 1.76 bits per heavy atom. The van der Waals surface area contributed by atoms with Gasteiger partial charge in [-0.3, -0.25) is 0 Å². The Hall–Kier alpha value is -0.660. The fourth-order valence-corrected chi connectivity index (χ4v) is 4.25. The molecule has 0 aliphatic heterocycles. The van der Waals surface area contributed by atoms with E-state index in [4.69, 9.17) is 0 Å². The Bertz CT molecular complexity index is 492. The fraction of sp³-hybridized carbons (Fsp3) is 0.400. The number of thioether (sulfide) groups is 2. The molecule has 17 heavy (non-hydrogen) atoms. The van der Waals surface area contributed by atoms with Crippen molar-refractivity contribution in [1.29, 1.82) is 0 Å². The van der Waals surface area contributed by atoms with Gasteiger partial charge in [-0.05, 0) is 26.8 Å². The molecule has 0 N–H and O–H groups in total. The minimum absolute atomic E-state index is 0.830. The first-order valence-electron chi connectivity index (χ1n) is 5.01. The molecule has 0 aliphatic rings. The van der Waals surface area contributed by atoms with E-state index in [1.165, 1.54) is 0 Å². The molecule has 7 heteroatoms. The van der Waals surface area contributed by atoms with Crippen molar-refractivity contribution in [2.45, 2.75) is 30.3 Å². The van der Waals surface area contributed by atoms with Gasteiger partial charge in [0.15, 0.2) is 9.50 Å². The summed E-state index contributed by atoms with van der Waals surface area (Å²) in [6, 6.07) is 1.98. The lowest BCUT2D eigenvalue weighted by Gasteiger charge is -2.01. The van der Waals surface area contributed by atoms with E-state index in [-0.39, 0.29) is 0 Å². The summed E-state index contributed by atoms with van der Waals surface area (Å²) in [5, 5.41) is 10.7. The van der Waals surface area contributed by atoms with E-state index >= 15 is 0 Å². The van der Waals surface area contributed by atoms with Crippen LogP contribution in [0.1, 0.15) is 16.4 Å². The highest BCUT2D eigenvalue weighted by molar-refractivity contribution is 8.16. The Kier molecular flexibility index (Phi) is 4.36. The number of aryl methyl sites for hydroxylation is 3. The predicted molar refractivity (Wildman–Crippen MR) is 72.7 cm³/mol. The lowest BCUT2D eigenvalue weighted by atomic mass is 10.4. The SMILES string of the molecule is Cc1cc(C)nc(SCSc2nnc(C)s2)n1. The molecule has 0 atom stereocenters. The summed E-state index contributed by atoms with van der Waals surface area (Å²) < 4.78 is 0.999. The number of aromatic nitrogens is 4. The normalized spacial score (nSPS) is 10.8. The zero-order chi connectivity index (χ0) is 12.3. The zero-order valence-corrected chi connectivity index (χ0v) is 12.2. The second kappa shape index (κ2) is 5.79. The van der Waals surface area contributed by atoms with Gasteiger partial charge in [-0.15, -0.1) is 10.2 Å². The monoisotopic (exact) mass is 284 g/mol. The van der Waals surface area contributed by atoms with Gasteiger partial charge in [0.05, 0.1) is 5.08 Å². The van der Waals surface area contributed by atoms with Crippen molar-refractivity contribution in [1.82, 2.24) is 20.2 Å². The molecule has 0 amide bonds. The van der Waals surface area contributed by atoms with Crippen molar-refractivity contribution in [2.75, 3.05) is 5.08 Å². The van der Waals surface area contributed by atoms with Crippen molar-refractivity contribution >= 4 is 34.9 Å². The largest absolute Gasteiger partial charge is 0.228 e. The third-order valence-electron chi connectivity index (χ3n) is 1.84. The van der Waals surface area contributed by atoms with E-state index in [2.05, 4.69) is 20.2 Å². The topological polar surface area (TPSA) is 51.6 Å². The quantitative estimate of drug-likeness (QED) is 0.488. The van der Waals surface area contributed by atoms with Crippen LogP contribution in [0.15, 0.2) is 15.6 Å². The molecular formula is C10H12N4S3. The van der Waals surface area contributed by atoms with Crippen molar-refractivity contribution in [3.05, 3.63) is 22.5 Å². The average Bonchev–Trinajstić information content (AvgIpc) is 2.63. The lowest BCUT2D eigenvalue weighted by Crippen LogP contribution is -1.92. The van der Waals surface area contributed by atoms with Crippen LogP contribution in [0.3, 0.4) is 0 Å². The van der Waals surface area contributed by atoms with Crippen LogP contribution >= 0.6 is 34.9 Å². The highest BCUT2D eigenvalue weighted by atomic mass is 32.2. The molecule has 0 aliphatic carbocycles. The van der Waals surface area contributed by atoms with E-state index < -0.39 is 0 Å². The van der Waals surface area contributed by atoms with Crippen LogP contribution < -0.4 is 0 Å². The first-order valence-corrected chi connectivity index (χ1v) is 7.80. The Balaban J connectivity index is 1.89. The van der Waals surface area contributed by atoms with Gasteiger partial charge in [-0.1, -0.05) is 34.9 Å². The lowest BCUT2D eigenvalue weighted by molar-refractivity contribution is 0.904. The molecule has 0 spiro atoms. The van der Waals surface area contributed by atoms with Gasteiger partial charge >= 0.3 is 0 Å². The molecule has 2 rings (SSSR count). The molecule has 0 fully saturated rings. The van der Waals surface area contributed by atoms with Gasteiger partial charge < -0.3 is 0 Å². The standard InChI is InChI=1S/C10H12N4S3/c1-6-4-7(2)12-9(11-6)15-5-16-10-14-13-8(3)17-10/h4H,5H2,1-3H3. The molecular weight excluding hydrogens is 272 g/mol. The minimum Gasteiger partial charge on any atom is -0.228 e. The maximum absolute atomic E-state index is 4.38. The molecule has 0 bridgehead atoms. The summed E-state index contributed by atoms with van der Waals surface area (Å²) in [6.45, 7) is 5.93. The Labute approximate surface area is 113 Å². The minimum atomic E-state index is 0.830. The molecule has 2 heterocycles. The summed E-state index contributed by atoms with van der Waals surface area (Å²) in [5.41, 5.74) is 2.02. The van der Waals surface area contributed by atoms with Crippen LogP contribution in [-0.2, 0) is 0 Å². The smallest absolute Gasteiger partial charge is 0.188 e. The van der Waals surface area contributed by atoms with Crippen molar-refractivity contribution < 1.29 is 0 Å². The van der Waals surface area contributed by atoms with Gasteiger partial charge in [0.2, 0.25) is 0 Å². The third kappa shape index (κ3) is 3.93. The Morgan fingerprint density at radius 1 is 1.06 bits per heavy atom. The van der Waals surface area contributed by atoms with Crippen molar-refractivity contribution in [2.24, 2.45) is 0 Å². The van der Waals surface area contributed by atoms with Gasteiger partial charge in [0.1, 0.15) is 5.01 Å². The number of hydrogen-bond donors (Lipinski definition) is 0. The maximum atomic E-state index is 4.38. The molecule has 0 saturated carbocycles. The molecule has 0 aromatic carbocycles. The average molecular weight is 284 g/mol. The number of nitrogens with zero attached hydrogens (tertiary/aromatic N) is 4. The molecule has 4 nitrogen and oxygen atoms in total. The van der Waals surface area contributed by atoms with Gasteiger partial charge in [-0.2, -0.15) is 0 Å². The molecule has 2 aromatic heterocycles. The van der Waals surface area contributed by atoms with E-state index in [1.54, 1.807) is 34.9 Å². The number of hydrogen-bond acceptors (Lipinski definition) is 7. The van der Waals surface area contributed by atoms with E-state index in [9.17, 15) is 0 Å². The van der Waals surface area contributed by atoms with Crippen LogP contribution in [0.2, 0.25) is 0 Å². The first-order chi connectivity index (χ1) is 8.13. The fourth-order valence-electron chi connectivity index (χ4n) is 1.23. The number of rotatable bonds is 4. The van der Waals surface area contributed by atoms with Crippen molar-refractivity contribution in [3.8, 4) is 0 Å². The van der Waals surface area contributed by atoms with E-state index in [0.717, 1.165) is 31.0 Å². The summed E-state index contributed by atoms with van der Waals surface area (Å²) >= 11 is 4.92. The van der Waals surface area contributed by atoms with Gasteiger partial charge in [0, 0.05) is 11.4 Å². The van der Waals surface area contributed by atoms with Crippen LogP contribution in [0.4, 0.5) is 0 Å². The second-order valence-electron chi connectivity index (χ2n) is 3.43. The zero-order valence-electron chi connectivity index (χ0n) is 9.80. The maximum Gasteiger partial charge on any atom is 0.188 e. The molecule has 0 unspecified atom stereocenters. The summed E-state index contributed by atoms with van der Waals surface area (Å²) in [5.74, 6) is 0. The summed E-state index contributed by atoms with van der Waals surface area (Å²) in [7, 11) is 0. The molecule has 0 radical (unpaired) electrons. The highest BCUT2D eigenvalue weighted by Gasteiger charge is 2.04. The Morgan fingerprint density at radius 3 is 2.35 bits per heavy atom. The highest BCUT2D eigenvalue weighted by Crippen LogP contribution is 2.27. The van der Waals surface area contributed by atoms with Crippen LogP contribution in [0.5, 0.6) is 0 Å². The summed E-state index contributed by atoms with van der Waals surface area (Å²) in [6.07, 6.45) is 0.